The molecule has 4 nitrogen and oxygen atoms in total. The number of aliphatic hydroxyl groups excluding tert-OH is 1. The molecular formula is C8H16O4. The Kier molecular flexibility index (Phi) is 2.73. The molecule has 0 saturated carbocycles. The first kappa shape index (κ1) is 9.92. The van der Waals surface area contributed by atoms with Gasteiger partial charge in [0.15, 0.2) is 12.1 Å². The van der Waals surface area contributed by atoms with Gasteiger partial charge in [0.05, 0.1) is 12.2 Å². The van der Waals surface area contributed by atoms with Crippen LogP contribution < -0.4 is 0 Å². The highest BCUT2D eigenvalue weighted by molar-refractivity contribution is 4.74. The summed E-state index contributed by atoms with van der Waals surface area (Å²) in [7, 11) is 0. The van der Waals surface area contributed by atoms with Crippen LogP contribution in [0.4, 0.5) is 0 Å². The van der Waals surface area contributed by atoms with Crippen LogP contribution in [-0.4, -0.2) is 34.5 Å². The second-order valence-electron chi connectivity index (χ2n) is 3.64. The molecule has 0 amide bonds. The molecule has 0 radical (unpaired) electrons. The predicted molar refractivity (Wildman–Crippen MR) is 42.3 cm³/mol. The Labute approximate surface area is 72.1 Å². The van der Waals surface area contributed by atoms with Crippen molar-refractivity contribution in [3.8, 4) is 0 Å². The number of hydrogen-bond donors (Lipinski definition) is 2. The average Bonchev–Trinajstić information content (AvgIpc) is 2.07. The Morgan fingerprint density at radius 2 is 2.08 bits per heavy atom. The minimum absolute atomic E-state index is 0.211. The van der Waals surface area contributed by atoms with Gasteiger partial charge in [-0.2, -0.15) is 0 Å². The maximum absolute atomic E-state index is 9.28. The minimum Gasteiger partial charge on any atom is -0.390 e. The normalized spacial score (nSPS) is 37.2. The van der Waals surface area contributed by atoms with Gasteiger partial charge in [0, 0.05) is 6.42 Å². The number of hydrogen-bond acceptors (Lipinski definition) is 4. The summed E-state index contributed by atoms with van der Waals surface area (Å²) in [4.78, 5) is 0. The zero-order chi connectivity index (χ0) is 9.35. The van der Waals surface area contributed by atoms with Crippen molar-refractivity contribution in [3.63, 3.8) is 0 Å². The highest BCUT2D eigenvalue weighted by atomic mass is 16.7. The van der Waals surface area contributed by atoms with Gasteiger partial charge in [-0.05, 0) is 20.8 Å². The van der Waals surface area contributed by atoms with Crippen molar-refractivity contribution in [2.75, 3.05) is 0 Å². The fourth-order valence-electron chi connectivity index (χ4n) is 1.17. The first-order chi connectivity index (χ1) is 5.38. The zero-order valence-electron chi connectivity index (χ0n) is 7.65. The van der Waals surface area contributed by atoms with Crippen LogP contribution in [0.25, 0.3) is 0 Å². The Balaban J connectivity index is 2.38. The van der Waals surface area contributed by atoms with Gasteiger partial charge in [0.1, 0.15) is 0 Å². The molecule has 72 valence electrons. The van der Waals surface area contributed by atoms with Gasteiger partial charge < -0.3 is 19.7 Å². The largest absolute Gasteiger partial charge is 0.390 e. The first-order valence-corrected chi connectivity index (χ1v) is 4.12. The molecule has 0 unspecified atom stereocenters. The molecule has 4 heteroatoms. The Bertz CT molecular complexity index is 142. The first-order valence-electron chi connectivity index (χ1n) is 4.12. The number of aliphatic hydroxyl groups is 2. The van der Waals surface area contributed by atoms with Crippen LogP contribution in [-0.2, 0) is 9.47 Å². The topological polar surface area (TPSA) is 58.9 Å². The molecule has 3 atom stereocenters. The van der Waals surface area contributed by atoms with Crippen LogP contribution >= 0.6 is 0 Å². The van der Waals surface area contributed by atoms with Crippen LogP contribution in [0.15, 0.2) is 0 Å². The van der Waals surface area contributed by atoms with Crippen molar-refractivity contribution in [3.05, 3.63) is 0 Å². The molecule has 1 fully saturated rings. The lowest BCUT2D eigenvalue weighted by Crippen LogP contribution is -2.30. The maximum Gasteiger partial charge on any atom is 0.164 e. The van der Waals surface area contributed by atoms with Crippen LogP contribution in [0.5, 0.6) is 0 Å². The van der Waals surface area contributed by atoms with E-state index in [9.17, 15) is 10.2 Å². The van der Waals surface area contributed by atoms with E-state index in [1.807, 2.05) is 0 Å². The third-order valence-electron chi connectivity index (χ3n) is 1.76. The third-order valence-corrected chi connectivity index (χ3v) is 1.76. The summed E-state index contributed by atoms with van der Waals surface area (Å²) >= 11 is 0. The molecule has 0 aliphatic carbocycles. The predicted octanol–water partition coefficient (Wildman–Crippen LogP) is 0.227. The number of rotatable bonds is 2. The van der Waals surface area contributed by atoms with Crippen molar-refractivity contribution in [2.24, 2.45) is 0 Å². The van der Waals surface area contributed by atoms with E-state index in [4.69, 9.17) is 9.47 Å². The lowest BCUT2D eigenvalue weighted by Gasteiger charge is -2.22. The lowest BCUT2D eigenvalue weighted by molar-refractivity contribution is -0.267. The Morgan fingerprint density at radius 1 is 1.50 bits per heavy atom. The molecule has 1 saturated heterocycles. The van der Waals surface area contributed by atoms with Crippen molar-refractivity contribution < 1.29 is 19.7 Å². The SMILES string of the molecule is C[C@H]1O[C@H](OC(C)(C)O)C[C@H]1O. The minimum atomic E-state index is -1.20. The van der Waals surface area contributed by atoms with Crippen molar-refractivity contribution in [1.29, 1.82) is 0 Å². The van der Waals surface area contributed by atoms with Gasteiger partial charge in [-0.3, -0.25) is 0 Å². The quantitative estimate of drug-likeness (QED) is 0.591. The van der Waals surface area contributed by atoms with Crippen molar-refractivity contribution in [1.82, 2.24) is 0 Å². The lowest BCUT2D eigenvalue weighted by atomic mass is 10.2. The molecule has 12 heavy (non-hydrogen) atoms. The van der Waals surface area contributed by atoms with Crippen molar-refractivity contribution >= 4 is 0 Å². The van der Waals surface area contributed by atoms with E-state index in [2.05, 4.69) is 0 Å². The highest BCUT2D eigenvalue weighted by Crippen LogP contribution is 2.23. The van der Waals surface area contributed by atoms with Gasteiger partial charge in [-0.15, -0.1) is 0 Å². The van der Waals surface area contributed by atoms with E-state index in [0.29, 0.717) is 6.42 Å². The van der Waals surface area contributed by atoms with Crippen LogP contribution in [0.1, 0.15) is 27.2 Å². The molecule has 1 aliphatic heterocycles. The molecule has 0 bridgehead atoms. The van der Waals surface area contributed by atoms with E-state index in [0.717, 1.165) is 0 Å². The smallest absolute Gasteiger partial charge is 0.164 e. The average molecular weight is 176 g/mol. The molecule has 1 heterocycles. The van der Waals surface area contributed by atoms with Crippen LogP contribution in [0, 0.1) is 0 Å². The second kappa shape index (κ2) is 3.30. The van der Waals surface area contributed by atoms with Crippen LogP contribution in [0.3, 0.4) is 0 Å². The summed E-state index contributed by atoms with van der Waals surface area (Å²) in [5.41, 5.74) is 0. The molecule has 2 N–H and O–H groups in total. The third kappa shape index (κ3) is 2.71. The fourth-order valence-corrected chi connectivity index (χ4v) is 1.17. The van der Waals surface area contributed by atoms with E-state index >= 15 is 0 Å². The molecular weight excluding hydrogens is 160 g/mol. The van der Waals surface area contributed by atoms with Crippen molar-refractivity contribution in [2.45, 2.75) is 51.5 Å². The molecule has 1 rings (SSSR count). The summed E-state index contributed by atoms with van der Waals surface area (Å²) in [6, 6.07) is 0. The standard InChI is InChI=1S/C8H16O4/c1-5-6(9)4-7(11-5)12-8(2,3)10/h5-7,9-10H,4H2,1-3H3/t5-,6-,7-/m1/s1. The molecule has 1 aliphatic rings. The van der Waals surface area contributed by atoms with Gasteiger partial charge in [0.2, 0.25) is 0 Å². The number of ether oxygens (including phenoxy) is 2. The van der Waals surface area contributed by atoms with Gasteiger partial charge in [0.25, 0.3) is 0 Å². The molecule has 0 spiro atoms. The van der Waals surface area contributed by atoms with E-state index in [-0.39, 0.29) is 6.10 Å². The Hall–Kier alpha value is -0.160. The fraction of sp³-hybridized carbons (Fsp3) is 1.00. The molecule has 0 aromatic rings. The highest BCUT2D eigenvalue weighted by Gasteiger charge is 2.34. The van der Waals surface area contributed by atoms with E-state index in [1.165, 1.54) is 13.8 Å². The monoisotopic (exact) mass is 176 g/mol. The Morgan fingerprint density at radius 3 is 2.42 bits per heavy atom. The van der Waals surface area contributed by atoms with Crippen LogP contribution in [0.2, 0.25) is 0 Å². The summed E-state index contributed by atoms with van der Waals surface area (Å²) < 4.78 is 10.3. The summed E-state index contributed by atoms with van der Waals surface area (Å²) in [5, 5.41) is 18.5. The van der Waals surface area contributed by atoms with Gasteiger partial charge in [-0.1, -0.05) is 0 Å². The van der Waals surface area contributed by atoms with Gasteiger partial charge in [-0.25, -0.2) is 0 Å². The van der Waals surface area contributed by atoms with Gasteiger partial charge >= 0.3 is 0 Å². The maximum atomic E-state index is 9.28. The molecule has 0 aromatic heterocycles. The van der Waals surface area contributed by atoms with E-state index < -0.39 is 18.2 Å². The summed E-state index contributed by atoms with van der Waals surface area (Å²) in [5.74, 6) is -1.20. The summed E-state index contributed by atoms with van der Waals surface area (Å²) in [6.45, 7) is 4.84. The summed E-state index contributed by atoms with van der Waals surface area (Å²) in [6.07, 6.45) is -0.768. The zero-order valence-corrected chi connectivity index (χ0v) is 7.65. The van der Waals surface area contributed by atoms with E-state index in [1.54, 1.807) is 6.92 Å². The molecule has 0 aromatic carbocycles. The second-order valence-corrected chi connectivity index (χ2v) is 3.64.